The van der Waals surface area contributed by atoms with E-state index in [1.165, 1.54) is 0 Å². The summed E-state index contributed by atoms with van der Waals surface area (Å²) in [5.41, 5.74) is 0. The third kappa shape index (κ3) is 50.6. The second-order valence-electron chi connectivity index (χ2n) is 0. The first-order valence-corrected chi connectivity index (χ1v) is 0. The SMILES string of the molecule is Cl.Cl.[Cl-].[Cl-].[Cl-].[Cl-].[K+].[Rh+3]. The summed E-state index contributed by atoms with van der Waals surface area (Å²) in [5, 5.41) is 0. The van der Waals surface area contributed by atoms with Crippen LogP contribution in [0.1, 0.15) is 0 Å². The fourth-order valence-electron chi connectivity index (χ4n) is 0. The second-order valence-corrected chi connectivity index (χ2v) is 0. The normalized spacial score (nSPS) is 0. The van der Waals surface area contributed by atoms with Gasteiger partial charge in [-0.15, -0.1) is 24.8 Å². The second kappa shape index (κ2) is 68.8. The molecule has 0 heterocycles. The van der Waals surface area contributed by atoms with Crippen LogP contribution in [0.2, 0.25) is 0 Å². The Morgan fingerprint density at radius 2 is 0.500 bits per heavy atom. The van der Waals surface area contributed by atoms with Gasteiger partial charge >= 0.3 is 70.9 Å². The molecular weight excluding hydrogens is 355 g/mol. The number of hydrogen-bond acceptors (Lipinski definition) is 0. The zero-order chi connectivity index (χ0) is 0. The van der Waals surface area contributed by atoms with Gasteiger partial charge in [0.05, 0.1) is 0 Å². The summed E-state index contributed by atoms with van der Waals surface area (Å²) in [7, 11) is 0. The fraction of sp³-hybridized carbons (Fsp3) is 0. The van der Waals surface area contributed by atoms with Crippen molar-refractivity contribution in [2.45, 2.75) is 0 Å². The van der Waals surface area contributed by atoms with Crippen molar-refractivity contribution >= 4 is 24.8 Å². The number of halogens is 6. The molecule has 0 aromatic carbocycles. The van der Waals surface area contributed by atoms with E-state index in [-0.39, 0.29) is 145 Å². The molecule has 0 nitrogen and oxygen atoms in total. The topological polar surface area (TPSA) is 0 Å². The Balaban J connectivity index is 0. The van der Waals surface area contributed by atoms with Gasteiger partial charge in [-0.1, -0.05) is 0 Å². The van der Waals surface area contributed by atoms with Gasteiger partial charge in [-0.3, -0.25) is 0 Å². The summed E-state index contributed by atoms with van der Waals surface area (Å²) in [4.78, 5) is 0. The summed E-state index contributed by atoms with van der Waals surface area (Å²) in [5.74, 6) is 0. The molecule has 0 saturated heterocycles. The average Bonchev–Trinajstić information content (AvgIpc) is 0. The third-order valence-electron chi connectivity index (χ3n) is 0. The molecule has 0 aliphatic heterocycles. The van der Waals surface area contributed by atoms with Crippen molar-refractivity contribution in [3.05, 3.63) is 0 Å². The third-order valence-corrected chi connectivity index (χ3v) is 0. The van der Waals surface area contributed by atoms with Crippen molar-refractivity contribution in [2.24, 2.45) is 0 Å². The van der Waals surface area contributed by atoms with Crippen LogP contribution in [0.3, 0.4) is 0 Å². The maximum Gasteiger partial charge on any atom is 3.00 e. The molecule has 0 atom stereocenters. The molecule has 0 saturated carbocycles. The Kier molecular flexibility index (Phi) is 780. The van der Waals surface area contributed by atoms with Gasteiger partial charge in [-0.25, -0.2) is 0 Å². The van der Waals surface area contributed by atoms with Gasteiger partial charge in [-0.2, -0.15) is 0 Å². The maximum absolute atomic E-state index is 0. The van der Waals surface area contributed by atoms with E-state index in [2.05, 4.69) is 0 Å². The quantitative estimate of drug-likeness (QED) is 0.378. The van der Waals surface area contributed by atoms with E-state index < -0.39 is 0 Å². The summed E-state index contributed by atoms with van der Waals surface area (Å²) >= 11 is 0. The Morgan fingerprint density at radius 3 is 0.500 bits per heavy atom. The van der Waals surface area contributed by atoms with Crippen LogP contribution in [-0.4, -0.2) is 0 Å². The number of hydrogen-bond donors (Lipinski definition) is 0. The molecule has 0 radical (unpaired) electrons. The van der Waals surface area contributed by atoms with Crippen LogP contribution in [0.15, 0.2) is 0 Å². The van der Waals surface area contributed by atoms with Gasteiger partial charge in [0.1, 0.15) is 0 Å². The summed E-state index contributed by atoms with van der Waals surface area (Å²) in [6.07, 6.45) is 0. The first-order valence-electron chi connectivity index (χ1n) is 0. The molecule has 0 bridgehead atoms. The van der Waals surface area contributed by atoms with Gasteiger partial charge < -0.3 is 49.6 Å². The van der Waals surface area contributed by atoms with Crippen LogP contribution >= 0.6 is 24.8 Å². The van der Waals surface area contributed by atoms with Crippen LogP contribution in [-0.2, 0) is 19.5 Å². The van der Waals surface area contributed by atoms with Crippen molar-refractivity contribution in [1.29, 1.82) is 0 Å². The van der Waals surface area contributed by atoms with Crippen molar-refractivity contribution in [3.8, 4) is 0 Å². The van der Waals surface area contributed by atoms with Crippen molar-refractivity contribution in [3.63, 3.8) is 0 Å². The van der Waals surface area contributed by atoms with Crippen molar-refractivity contribution in [2.75, 3.05) is 0 Å². The minimum atomic E-state index is 0. The monoisotopic (exact) mass is 354 g/mol. The van der Waals surface area contributed by atoms with Gasteiger partial charge in [0.2, 0.25) is 0 Å². The zero-order valence-electron chi connectivity index (χ0n) is 3.66. The molecule has 0 rings (SSSR count). The summed E-state index contributed by atoms with van der Waals surface area (Å²) in [6.45, 7) is 0. The predicted molar refractivity (Wildman–Crippen MR) is 14.5 cm³/mol. The summed E-state index contributed by atoms with van der Waals surface area (Å²) < 4.78 is 0. The zero-order valence-corrected chi connectivity index (χ0v) is 13.1. The van der Waals surface area contributed by atoms with Crippen LogP contribution in [0.5, 0.6) is 0 Å². The molecule has 8 heavy (non-hydrogen) atoms. The van der Waals surface area contributed by atoms with Crippen LogP contribution in [0, 0.1) is 0 Å². The molecule has 0 aromatic heterocycles. The first kappa shape index (κ1) is 90.8. The molecule has 0 N–H and O–H groups in total. The van der Waals surface area contributed by atoms with Gasteiger partial charge in [0, 0.05) is 0 Å². The van der Waals surface area contributed by atoms with Crippen LogP contribution in [0.25, 0.3) is 0 Å². The van der Waals surface area contributed by atoms with Crippen LogP contribution < -0.4 is 101 Å². The average molecular weight is 357 g/mol. The van der Waals surface area contributed by atoms with E-state index in [0.29, 0.717) is 0 Å². The van der Waals surface area contributed by atoms with E-state index in [1.54, 1.807) is 0 Å². The molecule has 54 valence electrons. The standard InChI is InChI=1S/6ClH.K.Rh/h6*1H;;/q;;;;;;+1;+3/p-4. The molecule has 0 aromatic rings. The minimum absolute atomic E-state index is 0. The molecule has 0 aliphatic rings. The van der Waals surface area contributed by atoms with E-state index >= 15 is 0 Å². The molecule has 0 unspecified atom stereocenters. The summed E-state index contributed by atoms with van der Waals surface area (Å²) in [6, 6.07) is 0. The van der Waals surface area contributed by atoms with Crippen LogP contribution in [0.4, 0.5) is 0 Å². The Morgan fingerprint density at radius 1 is 0.500 bits per heavy atom. The number of rotatable bonds is 0. The first-order chi connectivity index (χ1) is 0. The van der Waals surface area contributed by atoms with Crippen molar-refractivity contribution in [1.82, 2.24) is 0 Å². The predicted octanol–water partition coefficient (Wildman–Crippen LogP) is -14.1. The van der Waals surface area contributed by atoms with E-state index in [9.17, 15) is 0 Å². The van der Waals surface area contributed by atoms with Gasteiger partial charge in [0.15, 0.2) is 0 Å². The molecule has 0 aliphatic carbocycles. The smallest absolute Gasteiger partial charge is 1.00 e. The van der Waals surface area contributed by atoms with Crippen molar-refractivity contribution < 1.29 is 120 Å². The minimum Gasteiger partial charge on any atom is -1.00 e. The van der Waals surface area contributed by atoms with Gasteiger partial charge in [-0.05, 0) is 0 Å². The largest absolute Gasteiger partial charge is 3.00 e. The Labute approximate surface area is 142 Å². The fourth-order valence-corrected chi connectivity index (χ4v) is 0. The van der Waals surface area contributed by atoms with Gasteiger partial charge in [0.25, 0.3) is 0 Å². The maximum atomic E-state index is 0. The molecule has 0 fully saturated rings. The molecular formula is H2Cl6KRh. The van der Waals surface area contributed by atoms with E-state index in [1.807, 2.05) is 0 Å². The molecule has 0 amide bonds. The van der Waals surface area contributed by atoms with E-state index in [0.717, 1.165) is 0 Å². The Hall–Kier alpha value is 4.00. The Bertz CT molecular complexity index is 8.49. The molecule has 8 heteroatoms. The van der Waals surface area contributed by atoms with E-state index in [4.69, 9.17) is 0 Å². The molecule has 0 spiro atoms.